The second-order valence-corrected chi connectivity index (χ2v) is 6.51. The number of nitrogen functional groups attached to an aromatic ring is 1. The fourth-order valence-electron chi connectivity index (χ4n) is 2.15. The molecule has 1 aromatic carbocycles. The Morgan fingerprint density at radius 2 is 2.00 bits per heavy atom. The molecule has 0 bridgehead atoms. The first kappa shape index (κ1) is 14.2. The first-order valence-electron chi connectivity index (χ1n) is 6.03. The molecule has 1 saturated heterocycles. The van der Waals surface area contributed by atoms with Crippen LogP contribution in [-0.2, 0) is 14.8 Å². The molecule has 7 heteroatoms. The van der Waals surface area contributed by atoms with Crippen molar-refractivity contribution in [3.63, 3.8) is 0 Å². The van der Waals surface area contributed by atoms with Crippen LogP contribution in [0.5, 0.6) is 0 Å². The van der Waals surface area contributed by atoms with E-state index in [0.29, 0.717) is 26.1 Å². The maximum absolute atomic E-state index is 13.0. The molecular formula is C12H17FN2O3S. The summed E-state index contributed by atoms with van der Waals surface area (Å²) in [4.78, 5) is -0.0529. The number of benzene rings is 1. The molecule has 1 aliphatic heterocycles. The third-order valence-electron chi connectivity index (χ3n) is 3.33. The summed E-state index contributed by atoms with van der Waals surface area (Å²) < 4.78 is 44.4. The molecule has 1 fully saturated rings. The summed E-state index contributed by atoms with van der Waals surface area (Å²) in [5.41, 5.74) is 5.53. The third-order valence-corrected chi connectivity index (χ3v) is 5.32. The Morgan fingerprint density at radius 1 is 1.37 bits per heavy atom. The zero-order valence-corrected chi connectivity index (χ0v) is 11.5. The highest BCUT2D eigenvalue weighted by atomic mass is 32.2. The predicted molar refractivity (Wildman–Crippen MR) is 69.6 cm³/mol. The Balaban J connectivity index is 2.30. The van der Waals surface area contributed by atoms with Gasteiger partial charge in [-0.2, -0.15) is 4.31 Å². The van der Waals surface area contributed by atoms with Gasteiger partial charge in [0, 0.05) is 26.3 Å². The summed E-state index contributed by atoms with van der Waals surface area (Å²) in [6.45, 7) is 1.09. The van der Waals surface area contributed by atoms with Gasteiger partial charge >= 0.3 is 0 Å². The van der Waals surface area contributed by atoms with Crippen LogP contribution in [0.1, 0.15) is 12.8 Å². The summed E-state index contributed by atoms with van der Waals surface area (Å²) in [5.74, 6) is -0.551. The SMILES string of the molecule is CN(C1CCOCC1)S(=O)(=O)c1ccc(F)cc1N. The van der Waals surface area contributed by atoms with E-state index in [0.717, 1.165) is 12.1 Å². The minimum atomic E-state index is -3.70. The maximum atomic E-state index is 13.0. The van der Waals surface area contributed by atoms with E-state index in [1.807, 2.05) is 0 Å². The molecule has 19 heavy (non-hydrogen) atoms. The lowest BCUT2D eigenvalue weighted by molar-refractivity contribution is 0.0632. The van der Waals surface area contributed by atoms with E-state index in [1.165, 1.54) is 17.4 Å². The molecular weight excluding hydrogens is 271 g/mol. The van der Waals surface area contributed by atoms with E-state index in [-0.39, 0.29) is 16.6 Å². The fraction of sp³-hybridized carbons (Fsp3) is 0.500. The van der Waals surface area contributed by atoms with Crippen molar-refractivity contribution in [2.24, 2.45) is 0 Å². The van der Waals surface area contributed by atoms with Crippen LogP contribution < -0.4 is 5.73 Å². The summed E-state index contributed by atoms with van der Waals surface area (Å²) in [6.07, 6.45) is 1.30. The van der Waals surface area contributed by atoms with E-state index < -0.39 is 15.8 Å². The second-order valence-electron chi connectivity index (χ2n) is 4.55. The van der Waals surface area contributed by atoms with Crippen molar-refractivity contribution < 1.29 is 17.5 Å². The Hall–Kier alpha value is -1.18. The molecule has 0 aromatic heterocycles. The minimum Gasteiger partial charge on any atom is -0.398 e. The fourth-order valence-corrected chi connectivity index (χ4v) is 3.66. The van der Waals surface area contributed by atoms with Gasteiger partial charge in [-0.3, -0.25) is 0 Å². The lowest BCUT2D eigenvalue weighted by Crippen LogP contribution is -2.40. The molecule has 1 aliphatic rings. The number of sulfonamides is 1. The number of anilines is 1. The predicted octanol–water partition coefficient (Wildman–Crippen LogP) is 1.21. The average molecular weight is 288 g/mol. The number of halogens is 1. The van der Waals surface area contributed by atoms with Crippen LogP contribution in [0.15, 0.2) is 23.1 Å². The van der Waals surface area contributed by atoms with Gasteiger partial charge in [0.1, 0.15) is 10.7 Å². The molecule has 106 valence electrons. The van der Waals surface area contributed by atoms with E-state index in [4.69, 9.17) is 10.5 Å². The molecule has 0 unspecified atom stereocenters. The number of nitrogens with zero attached hydrogens (tertiary/aromatic N) is 1. The molecule has 2 N–H and O–H groups in total. The number of hydrogen-bond acceptors (Lipinski definition) is 4. The van der Waals surface area contributed by atoms with E-state index >= 15 is 0 Å². The van der Waals surface area contributed by atoms with Crippen LogP contribution in [0, 0.1) is 5.82 Å². The normalized spacial score (nSPS) is 17.8. The standard InChI is InChI=1S/C12H17FN2O3S/c1-15(10-4-6-18-7-5-10)19(16,17)12-3-2-9(13)8-11(12)14/h2-3,8,10H,4-7,14H2,1H3. The van der Waals surface area contributed by atoms with E-state index in [1.54, 1.807) is 0 Å². The molecule has 0 amide bonds. The van der Waals surface area contributed by atoms with Crippen LogP contribution in [0.2, 0.25) is 0 Å². The Labute approximate surface area is 112 Å². The van der Waals surface area contributed by atoms with Crippen LogP contribution >= 0.6 is 0 Å². The van der Waals surface area contributed by atoms with Crippen LogP contribution in [0.25, 0.3) is 0 Å². The van der Waals surface area contributed by atoms with E-state index in [2.05, 4.69) is 0 Å². The van der Waals surface area contributed by atoms with Crippen molar-refractivity contribution in [3.05, 3.63) is 24.0 Å². The van der Waals surface area contributed by atoms with Crippen molar-refractivity contribution in [1.82, 2.24) is 4.31 Å². The van der Waals surface area contributed by atoms with Crippen molar-refractivity contribution in [2.45, 2.75) is 23.8 Å². The van der Waals surface area contributed by atoms with Crippen molar-refractivity contribution in [1.29, 1.82) is 0 Å². The van der Waals surface area contributed by atoms with Gasteiger partial charge in [-0.25, -0.2) is 12.8 Å². The average Bonchev–Trinajstić information content (AvgIpc) is 2.38. The zero-order valence-electron chi connectivity index (χ0n) is 10.7. The molecule has 0 saturated carbocycles. The molecule has 5 nitrogen and oxygen atoms in total. The maximum Gasteiger partial charge on any atom is 0.245 e. The monoisotopic (exact) mass is 288 g/mol. The number of nitrogens with two attached hydrogens (primary N) is 1. The molecule has 0 spiro atoms. The van der Waals surface area contributed by atoms with Crippen LogP contribution in [0.3, 0.4) is 0 Å². The van der Waals surface area contributed by atoms with Gasteiger partial charge in [-0.15, -0.1) is 0 Å². The highest BCUT2D eigenvalue weighted by molar-refractivity contribution is 7.89. The molecule has 1 aromatic rings. The summed E-state index contributed by atoms with van der Waals surface area (Å²) in [6, 6.07) is 3.21. The molecule has 0 atom stereocenters. The van der Waals surface area contributed by atoms with Crippen LogP contribution in [0.4, 0.5) is 10.1 Å². The smallest absolute Gasteiger partial charge is 0.245 e. The highest BCUT2D eigenvalue weighted by Gasteiger charge is 2.30. The Kier molecular flexibility index (Phi) is 4.07. The number of hydrogen-bond donors (Lipinski definition) is 1. The van der Waals surface area contributed by atoms with Gasteiger partial charge in [0.15, 0.2) is 0 Å². The largest absolute Gasteiger partial charge is 0.398 e. The van der Waals surface area contributed by atoms with Gasteiger partial charge in [-0.05, 0) is 31.0 Å². The highest BCUT2D eigenvalue weighted by Crippen LogP contribution is 2.26. The first-order valence-corrected chi connectivity index (χ1v) is 7.48. The zero-order chi connectivity index (χ0) is 14.0. The topological polar surface area (TPSA) is 72.6 Å². The Morgan fingerprint density at radius 3 is 2.58 bits per heavy atom. The second kappa shape index (κ2) is 5.44. The van der Waals surface area contributed by atoms with Gasteiger partial charge in [0.25, 0.3) is 0 Å². The van der Waals surface area contributed by atoms with Gasteiger partial charge < -0.3 is 10.5 Å². The number of ether oxygens (including phenoxy) is 1. The third kappa shape index (κ3) is 2.88. The molecule has 1 heterocycles. The minimum absolute atomic E-state index is 0.0529. The lowest BCUT2D eigenvalue weighted by Gasteiger charge is -2.30. The van der Waals surface area contributed by atoms with Crippen LogP contribution in [-0.4, -0.2) is 39.0 Å². The number of rotatable bonds is 3. The van der Waals surface area contributed by atoms with Gasteiger partial charge in [0.05, 0.1) is 5.69 Å². The van der Waals surface area contributed by atoms with Gasteiger partial charge in [-0.1, -0.05) is 0 Å². The van der Waals surface area contributed by atoms with E-state index in [9.17, 15) is 12.8 Å². The first-order chi connectivity index (χ1) is 8.93. The van der Waals surface area contributed by atoms with Gasteiger partial charge in [0.2, 0.25) is 10.0 Å². The molecule has 0 aliphatic carbocycles. The van der Waals surface area contributed by atoms with Crippen molar-refractivity contribution in [2.75, 3.05) is 26.0 Å². The van der Waals surface area contributed by atoms with Crippen molar-refractivity contribution >= 4 is 15.7 Å². The van der Waals surface area contributed by atoms with Crippen molar-refractivity contribution in [3.8, 4) is 0 Å². The molecule has 2 rings (SSSR count). The summed E-state index contributed by atoms with van der Waals surface area (Å²) >= 11 is 0. The summed E-state index contributed by atoms with van der Waals surface area (Å²) in [7, 11) is -2.18. The quantitative estimate of drug-likeness (QED) is 0.848. The Bertz CT molecular complexity index is 556. The summed E-state index contributed by atoms with van der Waals surface area (Å²) in [5, 5.41) is 0. The molecule has 0 radical (unpaired) electrons. The lowest BCUT2D eigenvalue weighted by atomic mass is 10.1.